The van der Waals surface area contributed by atoms with Gasteiger partial charge < -0.3 is 15.2 Å². The summed E-state index contributed by atoms with van der Waals surface area (Å²) in [6.45, 7) is 5.22. The van der Waals surface area contributed by atoms with Crippen LogP contribution in [0.4, 0.5) is 0 Å². The Morgan fingerprint density at radius 2 is 2.28 bits per heavy atom. The number of rotatable bonds is 4. The highest BCUT2D eigenvalue weighted by Gasteiger charge is 2.39. The molecule has 0 aliphatic carbocycles. The minimum absolute atomic E-state index is 0.101. The van der Waals surface area contributed by atoms with Crippen LogP contribution < -0.4 is 5.32 Å². The Labute approximate surface area is 117 Å². The second-order valence-electron chi connectivity index (χ2n) is 4.99. The molecule has 1 heterocycles. The third kappa shape index (κ3) is 2.94. The van der Waals surface area contributed by atoms with E-state index >= 15 is 0 Å². The molecule has 1 aromatic rings. The number of ether oxygens (including phenoxy) is 1. The van der Waals surface area contributed by atoms with Gasteiger partial charge in [-0.15, -0.1) is 0 Å². The lowest BCUT2D eigenvalue weighted by Crippen LogP contribution is -2.46. The minimum Gasteiger partial charge on any atom is -0.386 e. The molecule has 18 heavy (non-hydrogen) atoms. The van der Waals surface area contributed by atoms with Crippen LogP contribution in [-0.2, 0) is 4.74 Å². The molecule has 0 saturated carbocycles. The van der Waals surface area contributed by atoms with Crippen LogP contribution in [0.1, 0.15) is 31.9 Å². The van der Waals surface area contributed by atoms with E-state index in [-0.39, 0.29) is 12.1 Å². The molecule has 1 aromatic carbocycles. The summed E-state index contributed by atoms with van der Waals surface area (Å²) in [5.74, 6) is 0. The second kappa shape index (κ2) is 5.70. The van der Waals surface area contributed by atoms with Gasteiger partial charge in [-0.2, -0.15) is 0 Å². The molecule has 3 unspecified atom stereocenters. The van der Waals surface area contributed by atoms with Gasteiger partial charge in [0.2, 0.25) is 0 Å². The zero-order chi connectivity index (χ0) is 13.2. The van der Waals surface area contributed by atoms with Crippen molar-refractivity contribution in [1.29, 1.82) is 0 Å². The van der Waals surface area contributed by atoms with Gasteiger partial charge in [0.1, 0.15) is 5.60 Å². The van der Waals surface area contributed by atoms with Crippen molar-refractivity contribution in [1.82, 2.24) is 5.32 Å². The molecule has 1 aliphatic heterocycles. The van der Waals surface area contributed by atoms with E-state index in [1.165, 1.54) is 5.56 Å². The van der Waals surface area contributed by atoms with Gasteiger partial charge in [-0.1, -0.05) is 34.1 Å². The average Bonchev–Trinajstić information content (AvgIpc) is 2.68. The number of nitrogens with one attached hydrogen (secondary N) is 1. The molecular weight excluding hydrogens is 294 g/mol. The molecule has 3 atom stereocenters. The van der Waals surface area contributed by atoms with Crippen molar-refractivity contribution in [3.63, 3.8) is 0 Å². The molecule has 0 spiro atoms. The molecule has 0 amide bonds. The van der Waals surface area contributed by atoms with Crippen LogP contribution in [0, 0.1) is 0 Å². The SMILES string of the molecule is CC(NCC1(O)CCOC1C)c1ccccc1Br. The Balaban J connectivity index is 1.96. The summed E-state index contributed by atoms with van der Waals surface area (Å²) in [6.07, 6.45) is 0.598. The molecule has 1 aliphatic rings. The van der Waals surface area contributed by atoms with E-state index in [1.54, 1.807) is 0 Å². The van der Waals surface area contributed by atoms with E-state index in [0.717, 1.165) is 4.47 Å². The third-order valence-electron chi connectivity index (χ3n) is 3.75. The fourth-order valence-electron chi connectivity index (χ4n) is 2.27. The normalized spacial score (nSPS) is 29.4. The summed E-state index contributed by atoms with van der Waals surface area (Å²) in [4.78, 5) is 0. The van der Waals surface area contributed by atoms with Crippen LogP contribution in [0.3, 0.4) is 0 Å². The van der Waals surface area contributed by atoms with E-state index in [1.807, 2.05) is 25.1 Å². The van der Waals surface area contributed by atoms with Crippen LogP contribution in [0.5, 0.6) is 0 Å². The number of benzene rings is 1. The first kappa shape index (κ1) is 14.0. The highest BCUT2D eigenvalue weighted by Crippen LogP contribution is 2.27. The third-order valence-corrected chi connectivity index (χ3v) is 4.47. The first-order chi connectivity index (χ1) is 8.53. The average molecular weight is 314 g/mol. The predicted molar refractivity (Wildman–Crippen MR) is 75.5 cm³/mol. The maximum absolute atomic E-state index is 10.4. The van der Waals surface area contributed by atoms with Crippen LogP contribution in [0.15, 0.2) is 28.7 Å². The summed E-state index contributed by atoms with van der Waals surface area (Å²) in [7, 11) is 0. The highest BCUT2D eigenvalue weighted by atomic mass is 79.9. The smallest absolute Gasteiger partial charge is 0.105 e. The minimum atomic E-state index is -0.741. The maximum Gasteiger partial charge on any atom is 0.105 e. The number of halogens is 1. The monoisotopic (exact) mass is 313 g/mol. The Morgan fingerprint density at radius 3 is 2.89 bits per heavy atom. The topological polar surface area (TPSA) is 41.5 Å². The summed E-state index contributed by atoms with van der Waals surface area (Å²) in [5.41, 5.74) is 0.461. The van der Waals surface area contributed by atoms with Gasteiger partial charge in [-0.3, -0.25) is 0 Å². The van der Waals surface area contributed by atoms with Crippen molar-refractivity contribution < 1.29 is 9.84 Å². The number of aliphatic hydroxyl groups is 1. The first-order valence-corrected chi connectivity index (χ1v) is 7.14. The Bertz CT molecular complexity index is 413. The van der Waals surface area contributed by atoms with E-state index in [2.05, 4.69) is 34.2 Å². The van der Waals surface area contributed by atoms with Crippen molar-refractivity contribution in [2.24, 2.45) is 0 Å². The van der Waals surface area contributed by atoms with Crippen molar-refractivity contribution in [2.45, 2.75) is 38.0 Å². The lowest BCUT2D eigenvalue weighted by molar-refractivity contribution is -0.0274. The van der Waals surface area contributed by atoms with E-state index in [0.29, 0.717) is 19.6 Å². The lowest BCUT2D eigenvalue weighted by atomic mass is 9.96. The van der Waals surface area contributed by atoms with Gasteiger partial charge in [0.15, 0.2) is 0 Å². The van der Waals surface area contributed by atoms with Gasteiger partial charge in [0, 0.05) is 30.1 Å². The molecule has 100 valence electrons. The molecular formula is C14H20BrNO2. The van der Waals surface area contributed by atoms with E-state index in [4.69, 9.17) is 4.74 Å². The van der Waals surface area contributed by atoms with E-state index < -0.39 is 5.60 Å². The molecule has 0 radical (unpaired) electrons. The highest BCUT2D eigenvalue weighted by molar-refractivity contribution is 9.10. The summed E-state index contributed by atoms with van der Waals surface area (Å²) in [5, 5.41) is 13.8. The quantitative estimate of drug-likeness (QED) is 0.898. The van der Waals surface area contributed by atoms with Crippen LogP contribution in [-0.4, -0.2) is 30.0 Å². The summed E-state index contributed by atoms with van der Waals surface area (Å²) in [6, 6.07) is 8.33. The van der Waals surface area contributed by atoms with Crippen LogP contribution in [0.2, 0.25) is 0 Å². The van der Waals surface area contributed by atoms with E-state index in [9.17, 15) is 5.11 Å². The zero-order valence-electron chi connectivity index (χ0n) is 10.8. The van der Waals surface area contributed by atoms with Crippen molar-refractivity contribution >= 4 is 15.9 Å². The van der Waals surface area contributed by atoms with Crippen molar-refractivity contribution in [2.75, 3.05) is 13.2 Å². The summed E-state index contributed by atoms with van der Waals surface area (Å²) >= 11 is 3.55. The zero-order valence-corrected chi connectivity index (χ0v) is 12.4. The number of hydrogen-bond acceptors (Lipinski definition) is 3. The second-order valence-corrected chi connectivity index (χ2v) is 5.85. The number of hydrogen-bond donors (Lipinski definition) is 2. The largest absolute Gasteiger partial charge is 0.386 e. The fraction of sp³-hybridized carbons (Fsp3) is 0.571. The van der Waals surface area contributed by atoms with Crippen LogP contribution >= 0.6 is 15.9 Å². The molecule has 1 saturated heterocycles. The molecule has 0 aromatic heterocycles. The van der Waals surface area contributed by atoms with Gasteiger partial charge in [-0.25, -0.2) is 0 Å². The van der Waals surface area contributed by atoms with Crippen LogP contribution in [0.25, 0.3) is 0 Å². The van der Waals surface area contributed by atoms with Gasteiger partial charge in [0.05, 0.1) is 6.10 Å². The van der Waals surface area contributed by atoms with Crippen molar-refractivity contribution in [3.8, 4) is 0 Å². The Hall–Kier alpha value is -0.420. The molecule has 0 bridgehead atoms. The molecule has 2 N–H and O–H groups in total. The fourth-order valence-corrected chi connectivity index (χ4v) is 2.90. The molecule has 1 fully saturated rings. The van der Waals surface area contributed by atoms with Gasteiger partial charge in [-0.05, 0) is 25.5 Å². The molecule has 4 heteroatoms. The predicted octanol–water partition coefficient (Wildman–Crippen LogP) is 2.64. The molecule has 2 rings (SSSR count). The maximum atomic E-state index is 10.4. The van der Waals surface area contributed by atoms with Gasteiger partial charge in [0.25, 0.3) is 0 Å². The Kier molecular flexibility index (Phi) is 4.43. The standard InChI is InChI=1S/C14H20BrNO2/c1-10(12-5-3-4-6-13(12)15)16-9-14(17)7-8-18-11(14)2/h3-6,10-11,16-17H,7-9H2,1-2H3. The summed E-state index contributed by atoms with van der Waals surface area (Å²) < 4.78 is 6.52. The van der Waals surface area contributed by atoms with Gasteiger partial charge >= 0.3 is 0 Å². The first-order valence-electron chi connectivity index (χ1n) is 6.35. The van der Waals surface area contributed by atoms with Crippen molar-refractivity contribution in [3.05, 3.63) is 34.3 Å². The Morgan fingerprint density at radius 1 is 1.56 bits per heavy atom. The molecule has 3 nitrogen and oxygen atoms in total. The lowest BCUT2D eigenvalue weighted by Gasteiger charge is -2.28.